The van der Waals surface area contributed by atoms with Gasteiger partial charge in [-0.05, 0) is 36.2 Å². The molecule has 0 aromatic heterocycles. The van der Waals surface area contributed by atoms with Crippen molar-refractivity contribution in [3.63, 3.8) is 0 Å². The lowest BCUT2D eigenvalue weighted by molar-refractivity contribution is -0.613. The average molecular weight is 389 g/mol. The maximum absolute atomic E-state index is 6.31. The standard InChI is InChI=1S/C22H24Cl2NO/c1-14(2)20-13-26-21-11-10-19(16-4-3-5-18(24)12-16)22(25(20)21)15-6-8-17(23)9-7-15/h3-9,12,14,19-20,22H,10-11,13H2,1-2H3/q+1/t19-,20?,22?/m1/s1. The quantitative estimate of drug-likeness (QED) is 0.580. The van der Waals surface area contributed by atoms with Crippen molar-refractivity contribution in [2.45, 2.75) is 44.7 Å². The monoisotopic (exact) mass is 388 g/mol. The lowest BCUT2D eigenvalue weighted by Crippen LogP contribution is -2.39. The van der Waals surface area contributed by atoms with Gasteiger partial charge in [0.25, 0.3) is 0 Å². The van der Waals surface area contributed by atoms with Gasteiger partial charge in [0.15, 0.2) is 18.7 Å². The third-order valence-electron chi connectivity index (χ3n) is 5.67. The Kier molecular flexibility index (Phi) is 4.98. The molecule has 0 fully saturated rings. The molecule has 2 heterocycles. The Balaban J connectivity index is 1.83. The van der Waals surface area contributed by atoms with Gasteiger partial charge in [0.05, 0.1) is 12.3 Å². The van der Waals surface area contributed by atoms with Crippen LogP contribution in [0.2, 0.25) is 10.0 Å². The summed E-state index contributed by atoms with van der Waals surface area (Å²) in [6.45, 7) is 5.33. The van der Waals surface area contributed by atoms with Crippen LogP contribution in [0.25, 0.3) is 0 Å². The van der Waals surface area contributed by atoms with Crippen molar-refractivity contribution in [2.75, 3.05) is 6.61 Å². The Morgan fingerprint density at radius 1 is 1.00 bits per heavy atom. The molecule has 0 saturated heterocycles. The molecule has 4 rings (SSSR count). The van der Waals surface area contributed by atoms with Gasteiger partial charge < -0.3 is 4.74 Å². The maximum atomic E-state index is 6.31. The summed E-state index contributed by atoms with van der Waals surface area (Å²) in [6.07, 6.45) is 2.04. The lowest BCUT2D eigenvalue weighted by atomic mass is 9.80. The normalized spacial score (nSPS) is 25.3. The fraction of sp³-hybridized carbons (Fsp3) is 0.409. The van der Waals surface area contributed by atoms with Crippen LogP contribution in [0.1, 0.15) is 49.8 Å². The number of benzene rings is 2. The van der Waals surface area contributed by atoms with Crippen molar-refractivity contribution in [3.8, 4) is 0 Å². The molecule has 4 heteroatoms. The summed E-state index contributed by atoms with van der Waals surface area (Å²) in [6, 6.07) is 17.2. The first-order valence-corrected chi connectivity index (χ1v) is 10.1. The second-order valence-electron chi connectivity index (χ2n) is 7.62. The fourth-order valence-corrected chi connectivity index (χ4v) is 4.69. The number of nitrogens with zero attached hydrogens (tertiary/aromatic N) is 1. The molecule has 136 valence electrons. The predicted molar refractivity (Wildman–Crippen MR) is 107 cm³/mol. The zero-order valence-electron chi connectivity index (χ0n) is 15.2. The van der Waals surface area contributed by atoms with Gasteiger partial charge in [0.2, 0.25) is 0 Å². The molecule has 2 nitrogen and oxygen atoms in total. The lowest BCUT2D eigenvalue weighted by Gasteiger charge is -2.31. The van der Waals surface area contributed by atoms with Crippen LogP contribution in [-0.2, 0) is 4.74 Å². The third-order valence-corrected chi connectivity index (χ3v) is 6.16. The summed E-state index contributed by atoms with van der Waals surface area (Å²) in [4.78, 5) is 0. The van der Waals surface area contributed by atoms with Gasteiger partial charge in [0, 0.05) is 21.5 Å². The Hall–Kier alpha value is -1.51. The second kappa shape index (κ2) is 7.25. The van der Waals surface area contributed by atoms with Gasteiger partial charge in [0.1, 0.15) is 0 Å². The summed E-state index contributed by atoms with van der Waals surface area (Å²) in [5.74, 6) is 2.05. The number of ether oxygens (including phenoxy) is 1. The summed E-state index contributed by atoms with van der Waals surface area (Å²) in [5.41, 5.74) is 2.58. The highest BCUT2D eigenvalue weighted by Crippen LogP contribution is 2.44. The van der Waals surface area contributed by atoms with E-state index >= 15 is 0 Å². The van der Waals surface area contributed by atoms with Crippen molar-refractivity contribution in [3.05, 3.63) is 69.7 Å². The van der Waals surface area contributed by atoms with Crippen LogP contribution in [0.3, 0.4) is 0 Å². The highest BCUT2D eigenvalue weighted by Gasteiger charge is 2.49. The van der Waals surface area contributed by atoms with E-state index in [1.165, 1.54) is 11.1 Å². The molecular formula is C22H24Cl2NO+. The predicted octanol–water partition coefficient (Wildman–Crippen LogP) is 6.08. The van der Waals surface area contributed by atoms with Crippen LogP contribution < -0.4 is 0 Å². The van der Waals surface area contributed by atoms with Crippen LogP contribution >= 0.6 is 23.2 Å². The van der Waals surface area contributed by atoms with Crippen molar-refractivity contribution in [2.24, 2.45) is 5.92 Å². The summed E-state index contributed by atoms with van der Waals surface area (Å²) in [7, 11) is 0. The Labute approximate surface area is 165 Å². The number of hydrogen-bond donors (Lipinski definition) is 0. The molecule has 2 unspecified atom stereocenters. The van der Waals surface area contributed by atoms with Crippen molar-refractivity contribution >= 4 is 29.1 Å². The molecule has 3 atom stereocenters. The molecule has 0 aliphatic carbocycles. The summed E-state index contributed by atoms with van der Waals surface area (Å²) >= 11 is 12.5. The number of halogens is 2. The molecule has 2 aliphatic rings. The first-order valence-electron chi connectivity index (χ1n) is 9.32. The fourth-order valence-electron chi connectivity index (χ4n) is 4.37. The van der Waals surface area contributed by atoms with Gasteiger partial charge in [-0.1, -0.05) is 61.3 Å². The highest BCUT2D eigenvalue weighted by molar-refractivity contribution is 6.30. The van der Waals surface area contributed by atoms with Crippen LogP contribution in [-0.4, -0.2) is 23.1 Å². The maximum Gasteiger partial charge on any atom is 0.337 e. The SMILES string of the molecule is CC(C)C1COC2=[N+]1C(c1ccc(Cl)cc1)[C@@H](c1cccc(Cl)c1)CC2. The molecule has 2 aliphatic heterocycles. The van der Waals surface area contributed by atoms with Crippen molar-refractivity contribution in [1.29, 1.82) is 0 Å². The van der Waals surface area contributed by atoms with E-state index in [0.29, 0.717) is 17.9 Å². The first-order chi connectivity index (χ1) is 12.5. The minimum Gasteiger partial charge on any atom is -0.441 e. The van der Waals surface area contributed by atoms with E-state index in [2.05, 4.69) is 48.8 Å². The minimum atomic E-state index is 0.240. The second-order valence-corrected chi connectivity index (χ2v) is 8.49. The van der Waals surface area contributed by atoms with Gasteiger partial charge in [-0.2, -0.15) is 4.58 Å². The molecule has 0 amide bonds. The molecule has 2 aromatic carbocycles. The van der Waals surface area contributed by atoms with Gasteiger partial charge >= 0.3 is 5.90 Å². The molecule has 0 N–H and O–H groups in total. The Morgan fingerprint density at radius 3 is 2.46 bits per heavy atom. The van der Waals surface area contributed by atoms with Crippen molar-refractivity contribution < 1.29 is 9.31 Å². The van der Waals surface area contributed by atoms with E-state index in [9.17, 15) is 0 Å². The van der Waals surface area contributed by atoms with E-state index in [0.717, 1.165) is 35.4 Å². The van der Waals surface area contributed by atoms with Gasteiger partial charge in [-0.15, -0.1) is 0 Å². The zero-order valence-corrected chi connectivity index (χ0v) is 16.7. The van der Waals surface area contributed by atoms with E-state index in [1.807, 2.05) is 18.2 Å². The van der Waals surface area contributed by atoms with E-state index in [1.54, 1.807) is 0 Å². The molecule has 26 heavy (non-hydrogen) atoms. The third kappa shape index (κ3) is 3.25. The number of hydrogen-bond acceptors (Lipinski definition) is 1. The smallest absolute Gasteiger partial charge is 0.337 e. The van der Waals surface area contributed by atoms with Crippen LogP contribution in [0.4, 0.5) is 0 Å². The van der Waals surface area contributed by atoms with Crippen molar-refractivity contribution in [1.82, 2.24) is 0 Å². The number of rotatable bonds is 3. The van der Waals surface area contributed by atoms with E-state index in [4.69, 9.17) is 27.9 Å². The Bertz CT molecular complexity index is 828. The van der Waals surface area contributed by atoms with Crippen LogP contribution in [0.15, 0.2) is 48.5 Å². The molecule has 2 aromatic rings. The van der Waals surface area contributed by atoms with E-state index in [-0.39, 0.29) is 6.04 Å². The summed E-state index contributed by atoms with van der Waals surface area (Å²) in [5, 5.41) is 1.57. The van der Waals surface area contributed by atoms with Crippen LogP contribution in [0.5, 0.6) is 0 Å². The van der Waals surface area contributed by atoms with E-state index < -0.39 is 0 Å². The zero-order chi connectivity index (χ0) is 18.3. The average Bonchev–Trinajstić information content (AvgIpc) is 3.06. The Morgan fingerprint density at radius 2 is 1.77 bits per heavy atom. The minimum absolute atomic E-state index is 0.240. The molecule has 0 saturated carbocycles. The topological polar surface area (TPSA) is 12.2 Å². The molecule has 0 radical (unpaired) electrons. The largest absolute Gasteiger partial charge is 0.441 e. The highest BCUT2D eigenvalue weighted by atomic mass is 35.5. The van der Waals surface area contributed by atoms with Gasteiger partial charge in [-0.25, -0.2) is 0 Å². The summed E-state index contributed by atoms with van der Waals surface area (Å²) < 4.78 is 8.64. The van der Waals surface area contributed by atoms with Crippen LogP contribution in [0, 0.1) is 5.92 Å². The molecule has 0 bridgehead atoms. The molecule has 0 spiro atoms. The first kappa shape index (κ1) is 17.9. The van der Waals surface area contributed by atoms with Gasteiger partial charge in [-0.3, -0.25) is 0 Å². The molecular weight excluding hydrogens is 365 g/mol.